The second-order valence-corrected chi connectivity index (χ2v) is 4.36. The molecule has 1 aromatic rings. The Morgan fingerprint density at radius 3 is 2.50 bits per heavy atom. The number of hydrogen-bond donors (Lipinski definition) is 3. The van der Waals surface area contributed by atoms with Crippen LogP contribution in [0.5, 0.6) is 0 Å². The van der Waals surface area contributed by atoms with E-state index in [1.807, 2.05) is 18.2 Å². The molecular formula is C6H6N3S3+. The molecule has 62 valence electrons. The molecule has 0 aromatic heterocycles. The standard InChI is InChI=1S/C6H5N3S3/c10-4-1-2-5-6(3-4)8-9(11,12)7-5/h1-3,11-12H/p+1. The van der Waals surface area contributed by atoms with E-state index in [1.165, 1.54) is 0 Å². The zero-order chi connectivity index (χ0) is 8.77. The Morgan fingerprint density at radius 1 is 1.08 bits per heavy atom. The maximum absolute atomic E-state index is 4.18. The Bertz CT molecular complexity index is 440. The SMILES string of the molecule is Sc1ccc2c(c1)=N[N+](S)(S)N=2. The number of nitrogens with zero attached hydrogens (tertiary/aromatic N) is 3. The molecule has 0 fully saturated rings. The molecule has 3 nitrogen and oxygen atoms in total. The summed E-state index contributed by atoms with van der Waals surface area (Å²) >= 11 is 12.3. The molecule has 0 unspecified atom stereocenters. The van der Waals surface area contributed by atoms with E-state index in [1.54, 1.807) is 0 Å². The predicted molar refractivity (Wildman–Crippen MR) is 54.2 cm³/mol. The van der Waals surface area contributed by atoms with E-state index >= 15 is 0 Å². The van der Waals surface area contributed by atoms with Gasteiger partial charge < -0.3 is 0 Å². The quantitative estimate of drug-likeness (QED) is 0.417. The third-order valence-electron chi connectivity index (χ3n) is 1.44. The summed E-state index contributed by atoms with van der Waals surface area (Å²) in [6, 6.07) is 5.52. The van der Waals surface area contributed by atoms with E-state index in [4.69, 9.17) is 0 Å². The van der Waals surface area contributed by atoms with Crippen molar-refractivity contribution in [2.24, 2.45) is 10.2 Å². The second-order valence-electron chi connectivity index (χ2n) is 2.41. The first-order valence-corrected chi connectivity index (χ1v) is 4.46. The van der Waals surface area contributed by atoms with Crippen molar-refractivity contribution >= 4 is 38.3 Å². The van der Waals surface area contributed by atoms with Gasteiger partial charge in [-0.05, 0) is 28.4 Å². The van der Waals surface area contributed by atoms with Gasteiger partial charge in [0.05, 0.1) is 0 Å². The zero-order valence-corrected chi connectivity index (χ0v) is 8.60. The van der Waals surface area contributed by atoms with Crippen LogP contribution in [0.3, 0.4) is 0 Å². The van der Waals surface area contributed by atoms with E-state index in [0.717, 1.165) is 15.6 Å². The highest BCUT2D eigenvalue weighted by atomic mass is 32.2. The monoisotopic (exact) mass is 216 g/mol. The van der Waals surface area contributed by atoms with Crippen LogP contribution in [-0.2, 0) is 0 Å². The number of hydrogen-bond acceptors (Lipinski definition) is 5. The van der Waals surface area contributed by atoms with Crippen molar-refractivity contribution in [3.8, 4) is 0 Å². The fourth-order valence-electron chi connectivity index (χ4n) is 0.988. The summed E-state index contributed by atoms with van der Waals surface area (Å²) in [5.74, 6) is 0. The van der Waals surface area contributed by atoms with Crippen molar-refractivity contribution < 1.29 is 3.51 Å². The lowest BCUT2D eigenvalue weighted by atomic mass is 10.3. The molecule has 6 heteroatoms. The van der Waals surface area contributed by atoms with E-state index < -0.39 is 0 Å². The first-order valence-electron chi connectivity index (χ1n) is 3.21. The third kappa shape index (κ3) is 1.47. The molecule has 1 heterocycles. The van der Waals surface area contributed by atoms with Crippen LogP contribution in [0.1, 0.15) is 0 Å². The van der Waals surface area contributed by atoms with Gasteiger partial charge >= 0.3 is 0 Å². The lowest BCUT2D eigenvalue weighted by Gasteiger charge is -2.01. The van der Waals surface area contributed by atoms with E-state index in [-0.39, 0.29) is 3.51 Å². The van der Waals surface area contributed by atoms with E-state index in [2.05, 4.69) is 48.5 Å². The molecule has 0 spiro atoms. The van der Waals surface area contributed by atoms with E-state index in [9.17, 15) is 0 Å². The number of benzene rings is 1. The Morgan fingerprint density at radius 2 is 1.75 bits per heavy atom. The molecule has 0 bridgehead atoms. The maximum atomic E-state index is 4.18. The van der Waals surface area contributed by atoms with E-state index in [0.29, 0.717) is 0 Å². The fraction of sp³-hybridized carbons (Fsp3) is 0. The molecule has 0 aliphatic carbocycles. The molecule has 1 aromatic carbocycles. The highest BCUT2D eigenvalue weighted by Gasteiger charge is 2.22. The van der Waals surface area contributed by atoms with Crippen LogP contribution in [-0.4, -0.2) is 3.51 Å². The number of fused-ring (bicyclic) bond motifs is 1. The number of thiol groups is 3. The third-order valence-corrected chi connectivity index (χ3v) is 2.08. The Hall–Kier alpha value is -0.170. The summed E-state index contributed by atoms with van der Waals surface area (Å²) in [4.78, 5) is 0.858. The molecule has 0 saturated heterocycles. The van der Waals surface area contributed by atoms with Crippen LogP contribution < -0.4 is 10.7 Å². The van der Waals surface area contributed by atoms with Crippen LogP contribution in [0.15, 0.2) is 33.3 Å². The minimum absolute atomic E-state index is 0.285. The zero-order valence-electron chi connectivity index (χ0n) is 5.92. The summed E-state index contributed by atoms with van der Waals surface area (Å²) in [5.41, 5.74) is 0. The molecule has 12 heavy (non-hydrogen) atoms. The highest BCUT2D eigenvalue weighted by Crippen LogP contribution is 2.17. The van der Waals surface area contributed by atoms with Gasteiger partial charge in [0.25, 0.3) is 0 Å². The lowest BCUT2D eigenvalue weighted by molar-refractivity contribution is -0.655. The average molecular weight is 216 g/mol. The van der Waals surface area contributed by atoms with Gasteiger partial charge in [-0.3, -0.25) is 0 Å². The van der Waals surface area contributed by atoms with Crippen LogP contribution in [0, 0.1) is 0 Å². The summed E-state index contributed by atoms with van der Waals surface area (Å²) in [7, 11) is 0. The molecule has 2 rings (SSSR count). The molecule has 1 aliphatic heterocycles. The van der Waals surface area contributed by atoms with Gasteiger partial charge in [-0.25, -0.2) is 0 Å². The van der Waals surface area contributed by atoms with Crippen LogP contribution >= 0.6 is 38.3 Å². The second kappa shape index (κ2) is 2.66. The largest absolute Gasteiger partial charge is 0.156 e. The molecule has 1 aliphatic rings. The Labute approximate surface area is 85.9 Å². The van der Waals surface area contributed by atoms with Crippen LogP contribution in [0.2, 0.25) is 0 Å². The fourth-order valence-corrected chi connectivity index (χ4v) is 1.57. The lowest BCUT2D eigenvalue weighted by Crippen LogP contribution is -2.20. The van der Waals surface area contributed by atoms with Crippen molar-refractivity contribution in [2.75, 3.05) is 0 Å². The van der Waals surface area contributed by atoms with Gasteiger partial charge in [0.2, 0.25) is 0 Å². The van der Waals surface area contributed by atoms with Gasteiger partial charge in [-0.15, -0.1) is 12.6 Å². The molecule has 0 amide bonds. The van der Waals surface area contributed by atoms with Gasteiger partial charge in [0, 0.05) is 8.41 Å². The minimum atomic E-state index is -0.285. The van der Waals surface area contributed by atoms with Gasteiger partial charge in [-0.2, -0.15) is 0 Å². The maximum Gasteiger partial charge on any atom is 0.156 e. The van der Waals surface area contributed by atoms with Crippen molar-refractivity contribution in [1.29, 1.82) is 0 Å². The van der Waals surface area contributed by atoms with Crippen molar-refractivity contribution in [3.63, 3.8) is 0 Å². The normalized spacial score (nSPS) is 17.9. The average Bonchev–Trinajstić information content (AvgIpc) is 2.21. The predicted octanol–water partition coefficient (Wildman–Crippen LogP) is 0.564. The highest BCUT2D eigenvalue weighted by molar-refractivity contribution is 7.87. The first-order chi connectivity index (χ1) is 5.57. The summed E-state index contributed by atoms with van der Waals surface area (Å²) < 4.78 is -0.285. The summed E-state index contributed by atoms with van der Waals surface area (Å²) in [6.07, 6.45) is 0. The molecule has 0 N–H and O–H groups in total. The number of rotatable bonds is 0. The minimum Gasteiger partial charge on any atom is -0.143 e. The topological polar surface area (TPSA) is 24.7 Å². The summed E-state index contributed by atoms with van der Waals surface area (Å²) in [5, 5.41) is 9.75. The first kappa shape index (κ1) is 8.43. The van der Waals surface area contributed by atoms with Crippen molar-refractivity contribution in [3.05, 3.63) is 28.9 Å². The van der Waals surface area contributed by atoms with Gasteiger partial charge in [0.15, 0.2) is 10.7 Å². The van der Waals surface area contributed by atoms with Crippen LogP contribution in [0.4, 0.5) is 0 Å². The van der Waals surface area contributed by atoms with Crippen LogP contribution in [0.25, 0.3) is 0 Å². The van der Waals surface area contributed by atoms with Crippen molar-refractivity contribution in [1.82, 2.24) is 0 Å². The smallest absolute Gasteiger partial charge is 0.143 e. The number of quaternary nitrogens is 1. The molecule has 0 saturated carbocycles. The molecular weight excluding hydrogens is 210 g/mol. The molecule has 0 atom stereocenters. The van der Waals surface area contributed by atoms with Gasteiger partial charge in [-0.1, -0.05) is 0 Å². The Balaban J connectivity index is 2.78. The molecule has 0 radical (unpaired) electrons. The summed E-state index contributed by atoms with van der Waals surface area (Å²) in [6.45, 7) is 0. The van der Waals surface area contributed by atoms with Gasteiger partial charge in [0.1, 0.15) is 25.6 Å². The Kier molecular flexibility index (Phi) is 1.87. The van der Waals surface area contributed by atoms with Crippen molar-refractivity contribution in [2.45, 2.75) is 4.90 Å².